The first kappa shape index (κ1) is 14.5. The summed E-state index contributed by atoms with van der Waals surface area (Å²) < 4.78 is 10.5. The Labute approximate surface area is 122 Å². The van der Waals surface area contributed by atoms with E-state index in [-0.39, 0.29) is 5.91 Å². The molecule has 0 aliphatic heterocycles. The number of benzene rings is 1. The molecule has 1 aromatic heterocycles. The van der Waals surface area contributed by atoms with Crippen LogP contribution in [-0.2, 0) is 0 Å². The summed E-state index contributed by atoms with van der Waals surface area (Å²) >= 11 is 0. The minimum atomic E-state index is -0.317. The molecule has 6 heteroatoms. The average molecular weight is 285 g/mol. The largest absolute Gasteiger partial charge is 0.496 e. The van der Waals surface area contributed by atoms with E-state index < -0.39 is 0 Å². The molecule has 1 N–H and O–H groups in total. The zero-order valence-corrected chi connectivity index (χ0v) is 11.7. The Morgan fingerprint density at radius 2 is 1.76 bits per heavy atom. The quantitative estimate of drug-likeness (QED) is 0.672. The van der Waals surface area contributed by atoms with Gasteiger partial charge in [0.1, 0.15) is 11.5 Å². The van der Waals surface area contributed by atoms with Gasteiger partial charge in [0.25, 0.3) is 5.91 Å². The van der Waals surface area contributed by atoms with E-state index in [0.717, 1.165) is 0 Å². The number of hydrogen-bond donors (Lipinski definition) is 1. The van der Waals surface area contributed by atoms with Crippen LogP contribution in [-0.4, -0.2) is 31.3 Å². The minimum absolute atomic E-state index is 0.317. The summed E-state index contributed by atoms with van der Waals surface area (Å²) in [6.07, 6.45) is 4.57. The smallest absolute Gasteiger partial charge is 0.271 e. The highest BCUT2D eigenvalue weighted by Crippen LogP contribution is 2.25. The number of methoxy groups -OCH3 is 2. The van der Waals surface area contributed by atoms with Crippen molar-refractivity contribution in [2.75, 3.05) is 14.2 Å². The van der Waals surface area contributed by atoms with Crippen LogP contribution in [0.25, 0.3) is 0 Å². The molecule has 6 nitrogen and oxygen atoms in total. The van der Waals surface area contributed by atoms with Gasteiger partial charge >= 0.3 is 0 Å². The lowest BCUT2D eigenvalue weighted by Gasteiger charge is -2.08. The minimum Gasteiger partial charge on any atom is -0.496 e. The zero-order chi connectivity index (χ0) is 15.1. The van der Waals surface area contributed by atoms with Crippen molar-refractivity contribution in [1.82, 2.24) is 10.4 Å². The van der Waals surface area contributed by atoms with Gasteiger partial charge in [-0.3, -0.25) is 9.78 Å². The fourth-order valence-corrected chi connectivity index (χ4v) is 1.73. The van der Waals surface area contributed by atoms with Gasteiger partial charge in [0.15, 0.2) is 0 Å². The summed E-state index contributed by atoms with van der Waals surface area (Å²) in [5.41, 5.74) is 3.57. The topological polar surface area (TPSA) is 72.8 Å². The number of carbonyl (C=O) groups is 1. The third kappa shape index (κ3) is 3.56. The fourth-order valence-electron chi connectivity index (χ4n) is 1.73. The number of hydrazone groups is 1. The highest BCUT2D eigenvalue weighted by Gasteiger charge is 2.07. The van der Waals surface area contributed by atoms with Gasteiger partial charge in [0, 0.05) is 18.0 Å². The van der Waals surface area contributed by atoms with E-state index in [1.54, 1.807) is 50.9 Å². The van der Waals surface area contributed by atoms with Crippen LogP contribution in [0.3, 0.4) is 0 Å². The van der Waals surface area contributed by atoms with Gasteiger partial charge in [0.2, 0.25) is 0 Å². The lowest BCUT2D eigenvalue weighted by atomic mass is 10.2. The normalized spacial score (nSPS) is 10.4. The van der Waals surface area contributed by atoms with E-state index in [4.69, 9.17) is 9.47 Å². The van der Waals surface area contributed by atoms with Crippen molar-refractivity contribution in [3.8, 4) is 11.5 Å². The van der Waals surface area contributed by atoms with Crippen molar-refractivity contribution >= 4 is 12.1 Å². The summed E-state index contributed by atoms with van der Waals surface area (Å²) in [6, 6.07) is 8.59. The monoisotopic (exact) mass is 285 g/mol. The number of ether oxygens (including phenoxy) is 2. The number of rotatable bonds is 5. The van der Waals surface area contributed by atoms with Crippen molar-refractivity contribution in [3.63, 3.8) is 0 Å². The lowest BCUT2D eigenvalue weighted by Crippen LogP contribution is -2.17. The van der Waals surface area contributed by atoms with E-state index in [2.05, 4.69) is 15.5 Å². The van der Waals surface area contributed by atoms with Crippen LogP contribution >= 0.6 is 0 Å². The number of nitrogens with one attached hydrogen (secondary N) is 1. The van der Waals surface area contributed by atoms with Crippen molar-refractivity contribution in [1.29, 1.82) is 0 Å². The molecule has 0 unspecified atom stereocenters. The molecule has 2 aromatic rings. The second-order valence-electron chi connectivity index (χ2n) is 4.01. The zero-order valence-electron chi connectivity index (χ0n) is 11.7. The molecule has 0 aliphatic rings. The Bertz CT molecular complexity index is 620. The van der Waals surface area contributed by atoms with Gasteiger partial charge in [-0.25, -0.2) is 5.43 Å². The molecular weight excluding hydrogens is 270 g/mol. The molecule has 0 bridgehead atoms. The summed E-state index contributed by atoms with van der Waals surface area (Å²) in [6.45, 7) is 0. The molecule has 0 saturated carbocycles. The van der Waals surface area contributed by atoms with Crippen LogP contribution in [0, 0.1) is 0 Å². The van der Waals surface area contributed by atoms with Crippen LogP contribution < -0.4 is 14.9 Å². The first-order valence-corrected chi connectivity index (χ1v) is 6.20. The van der Waals surface area contributed by atoms with Crippen LogP contribution in [0.1, 0.15) is 15.9 Å². The molecule has 0 atom stereocenters. The predicted molar refractivity (Wildman–Crippen MR) is 78.8 cm³/mol. The van der Waals surface area contributed by atoms with E-state index in [1.807, 2.05) is 6.07 Å². The molecule has 1 amide bonds. The van der Waals surface area contributed by atoms with Crippen LogP contribution in [0.2, 0.25) is 0 Å². The first-order valence-electron chi connectivity index (χ1n) is 6.20. The molecular formula is C15H15N3O3. The van der Waals surface area contributed by atoms with Crippen LogP contribution in [0.15, 0.2) is 47.8 Å². The second kappa shape index (κ2) is 7.04. The molecule has 0 spiro atoms. The van der Waals surface area contributed by atoms with Gasteiger partial charge < -0.3 is 9.47 Å². The molecule has 1 aromatic carbocycles. The van der Waals surface area contributed by atoms with Gasteiger partial charge in [-0.1, -0.05) is 6.07 Å². The summed E-state index contributed by atoms with van der Waals surface area (Å²) in [7, 11) is 3.11. The summed E-state index contributed by atoms with van der Waals surface area (Å²) in [5, 5.41) is 3.93. The number of nitrogens with zero attached hydrogens (tertiary/aromatic N) is 2. The third-order valence-electron chi connectivity index (χ3n) is 2.77. The molecule has 0 aliphatic carbocycles. The molecule has 0 saturated heterocycles. The average Bonchev–Trinajstić information content (AvgIpc) is 2.55. The maximum atomic E-state index is 11.8. The number of aromatic nitrogens is 1. The van der Waals surface area contributed by atoms with Gasteiger partial charge in [-0.15, -0.1) is 0 Å². The maximum absolute atomic E-state index is 11.8. The van der Waals surface area contributed by atoms with Crippen molar-refractivity contribution in [3.05, 3.63) is 53.9 Å². The fraction of sp³-hybridized carbons (Fsp3) is 0.133. The molecule has 0 fully saturated rings. The Morgan fingerprint density at radius 1 is 1.14 bits per heavy atom. The Balaban J connectivity index is 2.13. The maximum Gasteiger partial charge on any atom is 0.271 e. The molecule has 0 radical (unpaired) electrons. The lowest BCUT2D eigenvalue weighted by molar-refractivity contribution is 0.0955. The number of carbonyl (C=O) groups excluding carboxylic acids is 1. The van der Waals surface area contributed by atoms with Crippen LogP contribution in [0.5, 0.6) is 11.5 Å². The van der Waals surface area contributed by atoms with Crippen LogP contribution in [0.4, 0.5) is 0 Å². The SMILES string of the molecule is COc1cccc(OC)c1/C=N/NC(=O)c1ccncc1. The van der Waals surface area contributed by atoms with E-state index in [1.165, 1.54) is 6.21 Å². The van der Waals surface area contributed by atoms with E-state index >= 15 is 0 Å². The number of hydrogen-bond acceptors (Lipinski definition) is 5. The highest BCUT2D eigenvalue weighted by molar-refractivity contribution is 5.95. The third-order valence-corrected chi connectivity index (χ3v) is 2.77. The summed E-state index contributed by atoms with van der Waals surface area (Å²) in [4.78, 5) is 15.7. The molecule has 108 valence electrons. The number of amides is 1. The second-order valence-corrected chi connectivity index (χ2v) is 4.01. The van der Waals surface area contributed by atoms with Crippen molar-refractivity contribution in [2.45, 2.75) is 0 Å². The number of pyridine rings is 1. The Hall–Kier alpha value is -2.89. The molecule has 21 heavy (non-hydrogen) atoms. The van der Waals surface area contributed by atoms with E-state index in [9.17, 15) is 4.79 Å². The van der Waals surface area contributed by atoms with E-state index in [0.29, 0.717) is 22.6 Å². The molecule has 2 rings (SSSR count). The van der Waals surface area contributed by atoms with Gasteiger partial charge in [-0.05, 0) is 24.3 Å². The Morgan fingerprint density at radius 3 is 2.33 bits per heavy atom. The van der Waals surface area contributed by atoms with Gasteiger partial charge in [-0.2, -0.15) is 5.10 Å². The standard InChI is InChI=1S/C15H15N3O3/c1-20-13-4-3-5-14(21-2)12(13)10-17-18-15(19)11-6-8-16-9-7-11/h3-10H,1-2H3,(H,18,19)/b17-10+. The van der Waals surface area contributed by atoms with Crippen molar-refractivity contribution in [2.24, 2.45) is 5.10 Å². The Kier molecular flexibility index (Phi) is 4.87. The highest BCUT2D eigenvalue weighted by atomic mass is 16.5. The summed E-state index contributed by atoms with van der Waals surface area (Å²) in [5.74, 6) is 0.898. The van der Waals surface area contributed by atoms with Gasteiger partial charge in [0.05, 0.1) is 26.0 Å². The van der Waals surface area contributed by atoms with Crippen molar-refractivity contribution < 1.29 is 14.3 Å². The predicted octanol–water partition coefficient (Wildman–Crippen LogP) is 1.86. The molecule has 1 heterocycles. The first-order chi connectivity index (χ1) is 10.3.